The van der Waals surface area contributed by atoms with E-state index in [9.17, 15) is 0 Å². The third kappa shape index (κ3) is 4.75. The number of nitrogens with one attached hydrogen (secondary N) is 1. The lowest BCUT2D eigenvalue weighted by molar-refractivity contribution is 0.109. The maximum absolute atomic E-state index is 3.69. The zero-order chi connectivity index (χ0) is 13.5. The second-order valence-corrected chi connectivity index (χ2v) is 6.76. The number of hydrogen-bond acceptors (Lipinski definition) is 2. The van der Waals surface area contributed by atoms with E-state index in [1.165, 1.54) is 77.4 Å². The summed E-state index contributed by atoms with van der Waals surface area (Å²) in [4.78, 5) is 2.81. The smallest absolute Gasteiger partial charge is 0.00952 e. The molecule has 1 N–H and O–H groups in total. The van der Waals surface area contributed by atoms with Crippen molar-refractivity contribution in [2.45, 2.75) is 83.7 Å². The van der Waals surface area contributed by atoms with Crippen LogP contribution >= 0.6 is 0 Å². The molecule has 2 fully saturated rings. The Bertz CT molecular complexity index is 225. The minimum atomic E-state index is 0.719. The summed E-state index contributed by atoms with van der Waals surface area (Å²) >= 11 is 0. The Morgan fingerprint density at radius 3 is 2.21 bits per heavy atom. The van der Waals surface area contributed by atoms with E-state index in [4.69, 9.17) is 0 Å². The van der Waals surface area contributed by atoms with Crippen LogP contribution in [0.5, 0.6) is 0 Å². The first-order chi connectivity index (χ1) is 9.31. The molecule has 1 saturated carbocycles. The van der Waals surface area contributed by atoms with Crippen LogP contribution < -0.4 is 5.32 Å². The summed E-state index contributed by atoms with van der Waals surface area (Å²) in [7, 11) is 0. The molecule has 1 aliphatic heterocycles. The van der Waals surface area contributed by atoms with E-state index < -0.39 is 0 Å². The van der Waals surface area contributed by atoms with E-state index in [2.05, 4.69) is 24.1 Å². The van der Waals surface area contributed by atoms with Crippen molar-refractivity contribution in [2.24, 2.45) is 5.92 Å². The number of hydrogen-bond donors (Lipinski definition) is 1. The van der Waals surface area contributed by atoms with Crippen LogP contribution in [0.15, 0.2) is 0 Å². The van der Waals surface area contributed by atoms with Crippen LogP contribution in [0, 0.1) is 5.92 Å². The highest BCUT2D eigenvalue weighted by molar-refractivity contribution is 4.83. The Kier molecular flexibility index (Phi) is 6.66. The molecule has 2 aliphatic rings. The fourth-order valence-corrected chi connectivity index (χ4v) is 3.95. The molecule has 2 heteroatoms. The Morgan fingerprint density at radius 1 is 1.00 bits per heavy atom. The molecule has 0 spiro atoms. The van der Waals surface area contributed by atoms with Gasteiger partial charge in [0.2, 0.25) is 0 Å². The maximum atomic E-state index is 3.69. The van der Waals surface area contributed by atoms with Gasteiger partial charge in [-0.1, -0.05) is 32.6 Å². The Morgan fingerprint density at radius 2 is 1.63 bits per heavy atom. The second-order valence-electron chi connectivity index (χ2n) is 6.76. The first-order valence-corrected chi connectivity index (χ1v) is 8.78. The molecule has 112 valence electrons. The summed E-state index contributed by atoms with van der Waals surface area (Å²) in [6.07, 6.45) is 12.9. The van der Waals surface area contributed by atoms with Gasteiger partial charge in [-0.05, 0) is 64.6 Å². The highest BCUT2D eigenvalue weighted by Crippen LogP contribution is 2.27. The Hall–Kier alpha value is -0.0800. The minimum Gasteiger partial charge on any atom is -0.314 e. The van der Waals surface area contributed by atoms with Gasteiger partial charge in [-0.15, -0.1) is 0 Å². The van der Waals surface area contributed by atoms with Crippen LogP contribution in [0.25, 0.3) is 0 Å². The van der Waals surface area contributed by atoms with Crippen LogP contribution in [0.3, 0.4) is 0 Å². The van der Waals surface area contributed by atoms with Gasteiger partial charge in [-0.2, -0.15) is 0 Å². The average molecular weight is 266 g/mol. The highest BCUT2D eigenvalue weighted by Gasteiger charge is 2.27. The van der Waals surface area contributed by atoms with E-state index in [0.29, 0.717) is 0 Å². The van der Waals surface area contributed by atoms with E-state index >= 15 is 0 Å². The van der Waals surface area contributed by atoms with Gasteiger partial charge in [0, 0.05) is 12.1 Å². The lowest BCUT2D eigenvalue weighted by Gasteiger charge is -2.39. The average Bonchev–Trinajstić information content (AvgIpc) is 2.74. The third-order valence-electron chi connectivity index (χ3n) is 5.34. The van der Waals surface area contributed by atoms with E-state index in [0.717, 1.165) is 18.0 Å². The highest BCUT2D eigenvalue weighted by atomic mass is 15.2. The molecule has 2 rings (SSSR count). The van der Waals surface area contributed by atoms with Gasteiger partial charge in [-0.3, -0.25) is 0 Å². The number of piperidine rings is 1. The Balaban J connectivity index is 1.72. The van der Waals surface area contributed by atoms with Crippen molar-refractivity contribution < 1.29 is 0 Å². The number of likely N-dealkylation sites (tertiary alicyclic amines) is 1. The van der Waals surface area contributed by atoms with Gasteiger partial charge >= 0.3 is 0 Å². The van der Waals surface area contributed by atoms with Crippen molar-refractivity contribution in [3.8, 4) is 0 Å². The van der Waals surface area contributed by atoms with Crippen LogP contribution in [-0.4, -0.2) is 36.6 Å². The molecular formula is C17H34N2. The molecule has 0 amide bonds. The minimum absolute atomic E-state index is 0.719. The lowest BCUT2D eigenvalue weighted by Crippen LogP contribution is -2.45. The van der Waals surface area contributed by atoms with Gasteiger partial charge < -0.3 is 10.2 Å². The first-order valence-electron chi connectivity index (χ1n) is 8.78. The molecule has 0 aromatic heterocycles. The van der Waals surface area contributed by atoms with Gasteiger partial charge in [0.1, 0.15) is 0 Å². The predicted molar refractivity (Wildman–Crippen MR) is 83.5 cm³/mol. The first kappa shape index (κ1) is 15.3. The summed E-state index contributed by atoms with van der Waals surface area (Å²) < 4.78 is 0. The summed E-state index contributed by atoms with van der Waals surface area (Å²) in [6, 6.07) is 1.64. The standard InChI is InChI=1S/C17H34N2/c1-3-12-18-15(2)16-10-13-19(14-11-16)17-8-6-4-5-7-9-17/h15-18H,3-14H2,1-2H3. The van der Waals surface area contributed by atoms with Crippen LogP contribution in [0.4, 0.5) is 0 Å². The maximum Gasteiger partial charge on any atom is 0.00952 e. The quantitative estimate of drug-likeness (QED) is 0.761. The Labute approximate surface area is 120 Å². The molecule has 0 aromatic rings. The van der Waals surface area contributed by atoms with Gasteiger partial charge in [0.25, 0.3) is 0 Å². The monoisotopic (exact) mass is 266 g/mol. The SMILES string of the molecule is CCCNC(C)C1CCN(C2CCCCCC2)CC1. The molecule has 1 saturated heterocycles. The van der Waals surface area contributed by atoms with Crippen molar-refractivity contribution in [2.75, 3.05) is 19.6 Å². The topological polar surface area (TPSA) is 15.3 Å². The number of nitrogens with zero attached hydrogens (tertiary/aromatic N) is 1. The lowest BCUT2D eigenvalue weighted by atomic mass is 9.89. The predicted octanol–water partition coefficient (Wildman–Crippen LogP) is 3.81. The van der Waals surface area contributed by atoms with E-state index in [1.807, 2.05) is 0 Å². The molecule has 0 aromatic carbocycles. The van der Waals surface area contributed by atoms with Crippen LogP contribution in [-0.2, 0) is 0 Å². The summed E-state index contributed by atoms with van der Waals surface area (Å²) in [5, 5.41) is 3.69. The van der Waals surface area contributed by atoms with Crippen LogP contribution in [0.2, 0.25) is 0 Å². The van der Waals surface area contributed by atoms with Crippen molar-refractivity contribution in [3.63, 3.8) is 0 Å². The molecule has 1 atom stereocenters. The van der Waals surface area contributed by atoms with Crippen molar-refractivity contribution in [3.05, 3.63) is 0 Å². The van der Waals surface area contributed by atoms with Crippen LogP contribution in [0.1, 0.15) is 71.6 Å². The van der Waals surface area contributed by atoms with Crippen molar-refractivity contribution in [1.29, 1.82) is 0 Å². The van der Waals surface area contributed by atoms with E-state index in [1.54, 1.807) is 0 Å². The molecule has 1 aliphatic carbocycles. The van der Waals surface area contributed by atoms with Gasteiger partial charge in [0.15, 0.2) is 0 Å². The fraction of sp³-hybridized carbons (Fsp3) is 1.00. The molecule has 19 heavy (non-hydrogen) atoms. The van der Waals surface area contributed by atoms with Gasteiger partial charge in [-0.25, -0.2) is 0 Å². The molecular weight excluding hydrogens is 232 g/mol. The summed E-state index contributed by atoms with van der Waals surface area (Å²) in [5.74, 6) is 0.911. The molecule has 1 unspecified atom stereocenters. The fourth-order valence-electron chi connectivity index (χ4n) is 3.95. The van der Waals surface area contributed by atoms with Crippen molar-refractivity contribution in [1.82, 2.24) is 10.2 Å². The molecule has 0 radical (unpaired) electrons. The zero-order valence-electron chi connectivity index (χ0n) is 13.2. The van der Waals surface area contributed by atoms with Gasteiger partial charge in [0.05, 0.1) is 0 Å². The molecule has 1 heterocycles. The third-order valence-corrected chi connectivity index (χ3v) is 5.34. The zero-order valence-corrected chi connectivity index (χ0v) is 13.2. The molecule has 0 bridgehead atoms. The molecule has 2 nitrogen and oxygen atoms in total. The normalized spacial score (nSPS) is 26.2. The second kappa shape index (κ2) is 8.26. The van der Waals surface area contributed by atoms with E-state index in [-0.39, 0.29) is 0 Å². The summed E-state index contributed by atoms with van der Waals surface area (Å²) in [6.45, 7) is 8.54. The largest absolute Gasteiger partial charge is 0.314 e. The van der Waals surface area contributed by atoms with Crippen molar-refractivity contribution >= 4 is 0 Å². The summed E-state index contributed by atoms with van der Waals surface area (Å²) in [5.41, 5.74) is 0. The number of rotatable bonds is 5.